The Morgan fingerprint density at radius 3 is 2.03 bits per heavy atom. The summed E-state index contributed by atoms with van der Waals surface area (Å²) >= 11 is 0. The van der Waals surface area contributed by atoms with Gasteiger partial charge in [0.15, 0.2) is 0 Å². The molecule has 0 bridgehead atoms. The number of rotatable bonds is 4. The predicted octanol–water partition coefficient (Wildman–Crippen LogP) is -4.49. The SMILES string of the molecule is O=C1C(S(=O)(=O)[O-])=CC2=CC(=S(=O)([O-])O)C=CC2=C1N=Nc1ccc([N+](=O)[O-])cc1.[Na+].[Na+]. The number of Topliss-reactive ketones (excluding diaryl/α,β-unsaturated/α-hetero) is 1. The summed E-state index contributed by atoms with van der Waals surface area (Å²) in [5, 5.41) is 18.1. The number of hydrogen-bond acceptors (Lipinski definition) is 10. The van der Waals surface area contributed by atoms with Crippen LogP contribution in [0.2, 0.25) is 0 Å². The van der Waals surface area contributed by atoms with E-state index in [1.54, 1.807) is 0 Å². The van der Waals surface area contributed by atoms with E-state index in [0.717, 1.165) is 30.4 Å². The molecule has 1 atom stereocenters. The van der Waals surface area contributed by atoms with E-state index in [1.165, 1.54) is 12.1 Å². The molecule has 0 saturated heterocycles. The maximum Gasteiger partial charge on any atom is 1.00 e. The molecule has 0 radical (unpaired) electrons. The summed E-state index contributed by atoms with van der Waals surface area (Å²) in [5.74, 6) is -1.26. The van der Waals surface area contributed by atoms with Crippen LogP contribution in [0.25, 0.3) is 0 Å². The molecule has 0 aliphatic heterocycles. The average Bonchev–Trinajstić information content (AvgIpc) is 2.65. The maximum absolute atomic E-state index is 12.5. The van der Waals surface area contributed by atoms with Gasteiger partial charge in [-0.25, -0.2) is 8.42 Å². The van der Waals surface area contributed by atoms with Gasteiger partial charge in [0.25, 0.3) is 5.69 Å². The number of hydrogen-bond donors (Lipinski definition) is 1. The molecule has 0 fully saturated rings. The average molecular weight is 497 g/mol. The molecule has 3 rings (SSSR count). The van der Waals surface area contributed by atoms with Crippen molar-refractivity contribution in [2.24, 2.45) is 10.2 Å². The van der Waals surface area contributed by atoms with Crippen molar-refractivity contribution in [3.05, 3.63) is 80.4 Å². The third-order valence-electron chi connectivity index (χ3n) is 3.90. The van der Waals surface area contributed by atoms with E-state index in [0.29, 0.717) is 6.08 Å². The molecule has 156 valence electrons. The number of allylic oxidation sites excluding steroid dienone is 7. The second-order valence-corrected chi connectivity index (χ2v) is 8.61. The van der Waals surface area contributed by atoms with Gasteiger partial charge in [0, 0.05) is 32.7 Å². The van der Waals surface area contributed by atoms with E-state index in [4.69, 9.17) is 4.55 Å². The molecule has 16 heteroatoms. The van der Waals surface area contributed by atoms with Crippen molar-refractivity contribution < 1.29 is 95.1 Å². The number of nitro groups is 1. The van der Waals surface area contributed by atoms with E-state index in [1.807, 2.05) is 0 Å². The minimum absolute atomic E-state index is 0. The molecular weight excluding hydrogens is 488 g/mol. The molecule has 32 heavy (non-hydrogen) atoms. The fourth-order valence-electron chi connectivity index (χ4n) is 2.52. The summed E-state index contributed by atoms with van der Waals surface area (Å²) in [6.45, 7) is 0. The van der Waals surface area contributed by atoms with Crippen LogP contribution in [-0.2, 0) is 25.0 Å². The maximum atomic E-state index is 12.5. The first-order valence-electron chi connectivity index (χ1n) is 7.75. The van der Waals surface area contributed by atoms with E-state index in [9.17, 15) is 36.6 Å². The van der Waals surface area contributed by atoms with Crippen molar-refractivity contribution in [3.63, 3.8) is 0 Å². The third-order valence-corrected chi connectivity index (χ3v) is 5.59. The van der Waals surface area contributed by atoms with Crippen molar-refractivity contribution >= 4 is 42.2 Å². The number of nitro benzene ring substituents is 1. The van der Waals surface area contributed by atoms with Crippen LogP contribution in [0.4, 0.5) is 11.4 Å². The van der Waals surface area contributed by atoms with Gasteiger partial charge in [-0.15, -0.1) is 5.11 Å². The summed E-state index contributed by atoms with van der Waals surface area (Å²) in [6.07, 6.45) is 3.59. The Labute approximate surface area is 226 Å². The number of nitrogens with zero attached hydrogens (tertiary/aromatic N) is 3. The summed E-state index contributed by atoms with van der Waals surface area (Å²) in [6, 6.07) is 4.70. The first-order valence-corrected chi connectivity index (χ1v) is 10.6. The number of fused-ring (bicyclic) bond motifs is 1. The zero-order chi connectivity index (χ0) is 22.3. The van der Waals surface area contributed by atoms with Crippen LogP contribution >= 0.6 is 0 Å². The number of carbonyl (C=O) groups excluding carboxylic acids is 1. The zero-order valence-electron chi connectivity index (χ0n) is 16.5. The summed E-state index contributed by atoms with van der Waals surface area (Å²) in [7, 11) is -9.89. The molecule has 2 aliphatic carbocycles. The first-order chi connectivity index (χ1) is 13.9. The molecule has 0 spiro atoms. The predicted molar refractivity (Wildman–Crippen MR) is 101 cm³/mol. The Bertz CT molecular complexity index is 1360. The molecule has 0 aromatic heterocycles. The molecule has 12 nitrogen and oxygen atoms in total. The number of azo groups is 1. The Morgan fingerprint density at radius 1 is 0.938 bits per heavy atom. The molecule has 0 heterocycles. The van der Waals surface area contributed by atoms with Crippen molar-refractivity contribution in [1.29, 1.82) is 0 Å². The van der Waals surface area contributed by atoms with Crippen LogP contribution in [0.15, 0.2) is 80.5 Å². The van der Waals surface area contributed by atoms with Crippen LogP contribution in [0.5, 0.6) is 0 Å². The number of benzene rings is 1. The van der Waals surface area contributed by atoms with Crippen LogP contribution in [0, 0.1) is 10.1 Å². The smallest absolute Gasteiger partial charge is 0.757 e. The van der Waals surface area contributed by atoms with Crippen LogP contribution in [0.3, 0.4) is 0 Å². The van der Waals surface area contributed by atoms with Gasteiger partial charge in [-0.05, 0) is 35.9 Å². The fraction of sp³-hybridized carbons (Fsp3) is 0. The van der Waals surface area contributed by atoms with Crippen molar-refractivity contribution in [3.8, 4) is 0 Å². The van der Waals surface area contributed by atoms with E-state index < -0.39 is 46.4 Å². The summed E-state index contributed by atoms with van der Waals surface area (Å²) in [5.41, 5.74) is -0.913. The second-order valence-electron chi connectivity index (χ2n) is 5.84. The largest absolute Gasteiger partial charge is 1.00 e. The molecular formula is C16H9N3Na2O9S2. The monoisotopic (exact) mass is 497 g/mol. The van der Waals surface area contributed by atoms with Gasteiger partial charge in [-0.3, -0.25) is 19.1 Å². The number of carbonyl (C=O) groups is 1. The molecule has 1 aromatic carbocycles. The minimum Gasteiger partial charge on any atom is -0.757 e. The number of non-ortho nitro benzene ring substituents is 1. The molecule has 1 unspecified atom stereocenters. The van der Waals surface area contributed by atoms with Crippen molar-refractivity contribution in [2.75, 3.05) is 0 Å². The fourth-order valence-corrected chi connectivity index (χ4v) is 3.63. The third kappa shape index (κ3) is 6.39. The molecule has 1 N–H and O–H groups in total. The van der Waals surface area contributed by atoms with E-state index >= 15 is 0 Å². The molecule has 1 aromatic rings. The first kappa shape index (κ1) is 28.7. The molecule has 0 saturated carbocycles. The van der Waals surface area contributed by atoms with Gasteiger partial charge < -0.3 is 13.7 Å². The minimum atomic E-state index is -5.24. The van der Waals surface area contributed by atoms with Crippen LogP contribution < -0.4 is 59.1 Å². The molecule has 2 aliphatic rings. The van der Waals surface area contributed by atoms with Crippen molar-refractivity contribution in [1.82, 2.24) is 0 Å². The van der Waals surface area contributed by atoms with Crippen LogP contribution in [-0.4, -0.2) is 41.9 Å². The normalized spacial score (nSPS) is 17.6. The van der Waals surface area contributed by atoms with E-state index in [2.05, 4.69) is 10.2 Å². The number of ketones is 1. The summed E-state index contributed by atoms with van der Waals surface area (Å²) < 4.78 is 66.1. The van der Waals surface area contributed by atoms with Crippen molar-refractivity contribution in [2.45, 2.75) is 0 Å². The van der Waals surface area contributed by atoms with Gasteiger partial charge in [0.2, 0.25) is 5.78 Å². The van der Waals surface area contributed by atoms with Crippen LogP contribution in [0.1, 0.15) is 0 Å². The van der Waals surface area contributed by atoms with Gasteiger partial charge in [-0.1, -0.05) is 6.08 Å². The Balaban J connectivity index is 0.00000256. The zero-order valence-corrected chi connectivity index (χ0v) is 22.1. The van der Waals surface area contributed by atoms with Gasteiger partial charge in [-0.2, -0.15) is 5.11 Å². The van der Waals surface area contributed by atoms with Gasteiger partial charge in [0.1, 0.15) is 20.7 Å². The van der Waals surface area contributed by atoms with Gasteiger partial charge >= 0.3 is 59.1 Å². The summed E-state index contributed by atoms with van der Waals surface area (Å²) in [4.78, 5) is 20.7. The van der Waals surface area contributed by atoms with E-state index in [-0.39, 0.29) is 81.6 Å². The standard InChI is InChI=1S/C16H11N3O9S2.2Na/c20-16-14(30(26,27)28)8-9-7-12(29(23,24)25)5-6-13(9)15(16)18-17-10-1-3-11(4-2-10)19(21)22;;/h1-8H,(H2,23,24,25)(H,26,27,28);;/q;2*+1/p-2. The Hall–Kier alpha value is -1.30. The Morgan fingerprint density at radius 2 is 1.53 bits per heavy atom. The topological polar surface area (TPSA) is 202 Å². The Kier molecular flexibility index (Phi) is 9.65. The quantitative estimate of drug-likeness (QED) is 0.106. The molecule has 0 amide bonds. The van der Waals surface area contributed by atoms with Gasteiger partial charge in [0.05, 0.1) is 10.6 Å². The second kappa shape index (κ2) is 10.8.